The van der Waals surface area contributed by atoms with Gasteiger partial charge in [0.1, 0.15) is 0 Å². The van der Waals surface area contributed by atoms with E-state index in [1.165, 1.54) is 19.5 Å². The average Bonchev–Trinajstić information content (AvgIpc) is 2.19. The molecule has 0 radical (unpaired) electrons. The van der Waals surface area contributed by atoms with Crippen molar-refractivity contribution in [2.24, 2.45) is 11.8 Å². The highest BCUT2D eigenvalue weighted by molar-refractivity contribution is 4.94. The summed E-state index contributed by atoms with van der Waals surface area (Å²) in [5.41, 5.74) is 0.314. The topological polar surface area (TPSA) is 15.3 Å². The van der Waals surface area contributed by atoms with E-state index in [1.54, 1.807) is 0 Å². The highest BCUT2D eigenvalue weighted by atomic mass is 15.3. The van der Waals surface area contributed by atoms with Crippen molar-refractivity contribution in [3.63, 3.8) is 0 Å². The van der Waals surface area contributed by atoms with Gasteiger partial charge in [0.2, 0.25) is 0 Å². The summed E-state index contributed by atoms with van der Waals surface area (Å²) in [6.07, 6.45) is 1.27. The second-order valence-electron chi connectivity index (χ2n) is 6.48. The van der Waals surface area contributed by atoms with Gasteiger partial charge in [-0.05, 0) is 25.7 Å². The Bertz CT molecular complexity index is 211. The fraction of sp³-hybridized carbons (Fsp3) is 1.00. The van der Waals surface area contributed by atoms with E-state index in [0.717, 1.165) is 18.4 Å². The van der Waals surface area contributed by atoms with Crippen LogP contribution in [-0.2, 0) is 0 Å². The number of piperazine rings is 1. The maximum absolute atomic E-state index is 3.72. The molecule has 0 aromatic heterocycles. The Morgan fingerprint density at radius 1 is 1.31 bits per heavy atom. The van der Waals surface area contributed by atoms with Crippen LogP contribution >= 0.6 is 0 Å². The minimum absolute atomic E-state index is 0.314. The summed E-state index contributed by atoms with van der Waals surface area (Å²) < 4.78 is 0. The molecule has 2 nitrogen and oxygen atoms in total. The van der Waals surface area contributed by atoms with Crippen molar-refractivity contribution in [2.75, 3.05) is 19.6 Å². The lowest BCUT2D eigenvalue weighted by Crippen LogP contribution is -2.63. The van der Waals surface area contributed by atoms with E-state index in [1.807, 2.05) is 0 Å². The maximum Gasteiger partial charge on any atom is 0.0278 e. The first-order valence-electron chi connectivity index (χ1n) is 6.85. The molecule has 96 valence electrons. The molecule has 2 heteroatoms. The van der Waals surface area contributed by atoms with Crippen LogP contribution < -0.4 is 5.32 Å². The summed E-state index contributed by atoms with van der Waals surface area (Å²) in [5, 5.41) is 3.72. The molecule has 0 aliphatic carbocycles. The van der Waals surface area contributed by atoms with Crippen LogP contribution in [0, 0.1) is 11.8 Å². The fourth-order valence-corrected chi connectivity index (χ4v) is 2.47. The van der Waals surface area contributed by atoms with Gasteiger partial charge in [-0.25, -0.2) is 0 Å². The molecule has 0 spiro atoms. The predicted molar refractivity (Wildman–Crippen MR) is 71.7 cm³/mol. The lowest BCUT2D eigenvalue weighted by atomic mass is 9.90. The fourth-order valence-electron chi connectivity index (χ4n) is 2.47. The highest BCUT2D eigenvalue weighted by Crippen LogP contribution is 2.23. The number of hydrogen-bond donors (Lipinski definition) is 1. The first-order valence-corrected chi connectivity index (χ1v) is 6.85. The minimum Gasteiger partial charge on any atom is -0.311 e. The van der Waals surface area contributed by atoms with Gasteiger partial charge < -0.3 is 5.32 Å². The molecule has 0 aromatic carbocycles. The van der Waals surface area contributed by atoms with Crippen molar-refractivity contribution in [1.82, 2.24) is 10.2 Å². The molecule has 0 aromatic rings. The smallest absolute Gasteiger partial charge is 0.0278 e. The van der Waals surface area contributed by atoms with Crippen LogP contribution in [0.4, 0.5) is 0 Å². The summed E-state index contributed by atoms with van der Waals surface area (Å²) in [7, 11) is 0. The van der Waals surface area contributed by atoms with Crippen molar-refractivity contribution >= 4 is 0 Å². The van der Waals surface area contributed by atoms with Gasteiger partial charge in [0.25, 0.3) is 0 Å². The van der Waals surface area contributed by atoms with E-state index in [-0.39, 0.29) is 0 Å². The van der Waals surface area contributed by atoms with Gasteiger partial charge in [0, 0.05) is 31.2 Å². The maximum atomic E-state index is 3.72. The SMILES string of the molecule is CCC(C)C1CN(CC(C)C)C(C)(C)CN1. The van der Waals surface area contributed by atoms with Gasteiger partial charge in [-0.3, -0.25) is 4.90 Å². The first kappa shape index (κ1) is 14.0. The Labute approximate surface area is 102 Å². The average molecular weight is 226 g/mol. The summed E-state index contributed by atoms with van der Waals surface area (Å²) in [6.45, 7) is 17.6. The van der Waals surface area contributed by atoms with Gasteiger partial charge in [0.15, 0.2) is 0 Å². The van der Waals surface area contributed by atoms with E-state index < -0.39 is 0 Å². The second-order valence-corrected chi connectivity index (χ2v) is 6.48. The van der Waals surface area contributed by atoms with E-state index in [0.29, 0.717) is 11.6 Å². The van der Waals surface area contributed by atoms with Gasteiger partial charge in [0.05, 0.1) is 0 Å². The van der Waals surface area contributed by atoms with Crippen molar-refractivity contribution in [1.29, 1.82) is 0 Å². The predicted octanol–water partition coefficient (Wildman–Crippen LogP) is 2.74. The van der Waals surface area contributed by atoms with E-state index in [2.05, 4.69) is 51.8 Å². The van der Waals surface area contributed by atoms with E-state index >= 15 is 0 Å². The second kappa shape index (κ2) is 5.50. The summed E-state index contributed by atoms with van der Waals surface area (Å²) in [6, 6.07) is 0.678. The number of nitrogens with one attached hydrogen (secondary N) is 1. The number of rotatable bonds is 4. The van der Waals surface area contributed by atoms with Crippen molar-refractivity contribution < 1.29 is 0 Å². The molecule has 1 aliphatic rings. The first-order chi connectivity index (χ1) is 7.36. The Morgan fingerprint density at radius 2 is 1.94 bits per heavy atom. The van der Waals surface area contributed by atoms with Crippen LogP contribution in [0.3, 0.4) is 0 Å². The van der Waals surface area contributed by atoms with Gasteiger partial charge in [-0.15, -0.1) is 0 Å². The minimum atomic E-state index is 0.314. The third-order valence-corrected chi connectivity index (χ3v) is 3.99. The van der Waals surface area contributed by atoms with Crippen molar-refractivity contribution in [3.05, 3.63) is 0 Å². The molecule has 2 unspecified atom stereocenters. The highest BCUT2D eigenvalue weighted by Gasteiger charge is 2.35. The molecule has 1 N–H and O–H groups in total. The zero-order valence-electron chi connectivity index (χ0n) is 12.0. The number of nitrogens with zero attached hydrogens (tertiary/aromatic N) is 1. The van der Waals surface area contributed by atoms with Crippen molar-refractivity contribution in [2.45, 2.75) is 59.5 Å². The molecule has 1 aliphatic heterocycles. The lowest BCUT2D eigenvalue weighted by Gasteiger charge is -2.48. The largest absolute Gasteiger partial charge is 0.311 e. The normalized spacial score (nSPS) is 28.3. The van der Waals surface area contributed by atoms with Crippen LogP contribution in [0.5, 0.6) is 0 Å². The van der Waals surface area contributed by atoms with E-state index in [4.69, 9.17) is 0 Å². The van der Waals surface area contributed by atoms with Gasteiger partial charge in [-0.1, -0.05) is 34.1 Å². The van der Waals surface area contributed by atoms with Crippen molar-refractivity contribution in [3.8, 4) is 0 Å². The molecule has 1 fully saturated rings. The van der Waals surface area contributed by atoms with Crippen LogP contribution in [0.2, 0.25) is 0 Å². The Kier molecular flexibility index (Phi) is 4.81. The third-order valence-electron chi connectivity index (χ3n) is 3.99. The summed E-state index contributed by atoms with van der Waals surface area (Å²) in [5.74, 6) is 1.54. The molecular weight excluding hydrogens is 196 g/mol. The molecule has 0 amide bonds. The van der Waals surface area contributed by atoms with Crippen LogP contribution in [0.15, 0.2) is 0 Å². The number of hydrogen-bond acceptors (Lipinski definition) is 2. The Balaban J connectivity index is 2.62. The summed E-state index contributed by atoms with van der Waals surface area (Å²) >= 11 is 0. The third kappa shape index (κ3) is 3.46. The lowest BCUT2D eigenvalue weighted by molar-refractivity contribution is 0.0421. The zero-order chi connectivity index (χ0) is 12.3. The van der Waals surface area contributed by atoms with Crippen LogP contribution in [-0.4, -0.2) is 36.1 Å². The van der Waals surface area contributed by atoms with Crippen LogP contribution in [0.25, 0.3) is 0 Å². The van der Waals surface area contributed by atoms with Gasteiger partial charge in [-0.2, -0.15) is 0 Å². The zero-order valence-corrected chi connectivity index (χ0v) is 12.0. The standard InChI is InChI=1S/C14H30N2/c1-7-12(4)13-9-16(8-11(2)3)14(5,6)10-15-13/h11-13,15H,7-10H2,1-6H3. The van der Waals surface area contributed by atoms with E-state index in [9.17, 15) is 0 Å². The molecule has 0 bridgehead atoms. The molecule has 0 saturated carbocycles. The van der Waals surface area contributed by atoms with Crippen LogP contribution in [0.1, 0.15) is 48.0 Å². The monoisotopic (exact) mass is 226 g/mol. The molecule has 1 rings (SSSR count). The molecule has 1 saturated heterocycles. The van der Waals surface area contributed by atoms with Gasteiger partial charge >= 0.3 is 0 Å². The molecule has 1 heterocycles. The summed E-state index contributed by atoms with van der Waals surface area (Å²) in [4.78, 5) is 2.67. The Hall–Kier alpha value is -0.0800. The Morgan fingerprint density at radius 3 is 2.44 bits per heavy atom. The molecular formula is C14H30N2. The molecule has 2 atom stereocenters. The quantitative estimate of drug-likeness (QED) is 0.793. The molecule has 16 heavy (non-hydrogen) atoms.